The molecule has 0 spiro atoms. The Morgan fingerprint density at radius 3 is 2.34 bits per heavy atom. The SMILES string of the molecule is CC1OC(Oc2ccc(C=CC(=O)NCCC(=N)N)cc2)C(N=C(N)N)C(O)C1NC(=O)NC1OCC(OC2OCC(O)C3NC(=O)N(C(N)=O)C23)C(O)C1NC(N)=O. The molecular formula is C33H49N13O13. The maximum atomic E-state index is 13.4. The molecule has 0 bridgehead atoms. The minimum atomic E-state index is -1.65. The van der Waals surface area contributed by atoms with Crippen LogP contribution in [0.4, 0.5) is 19.2 Å². The summed E-state index contributed by atoms with van der Waals surface area (Å²) in [7, 11) is 0. The quantitative estimate of drug-likeness (QED) is 0.0501. The number of amides is 9. The van der Waals surface area contributed by atoms with Gasteiger partial charge in [-0.3, -0.25) is 10.2 Å². The number of guanidine groups is 1. The molecule has 59 heavy (non-hydrogen) atoms. The van der Waals surface area contributed by atoms with Crippen molar-refractivity contribution in [1.82, 2.24) is 31.5 Å². The third kappa shape index (κ3) is 10.9. The van der Waals surface area contributed by atoms with Gasteiger partial charge < -0.3 is 94.3 Å². The van der Waals surface area contributed by atoms with Crippen LogP contribution in [0, 0.1) is 5.41 Å². The lowest BCUT2D eigenvalue weighted by atomic mass is 9.95. The van der Waals surface area contributed by atoms with Gasteiger partial charge in [-0.2, -0.15) is 0 Å². The number of carbonyl (C=O) groups is 5. The van der Waals surface area contributed by atoms with Crippen molar-refractivity contribution in [2.45, 2.75) is 92.9 Å². The highest BCUT2D eigenvalue weighted by molar-refractivity contribution is 5.95. The fraction of sp³-hybridized carbons (Fsp3) is 0.545. The lowest BCUT2D eigenvalue weighted by molar-refractivity contribution is -0.268. The second-order valence-electron chi connectivity index (χ2n) is 13.9. The van der Waals surface area contributed by atoms with Crippen LogP contribution in [0.1, 0.15) is 18.9 Å². The highest BCUT2D eigenvalue weighted by Crippen LogP contribution is 2.30. The maximum absolute atomic E-state index is 13.4. The molecule has 19 N–H and O–H groups in total. The number of ether oxygens (including phenoxy) is 5. The van der Waals surface area contributed by atoms with Crippen LogP contribution in [0.2, 0.25) is 0 Å². The maximum Gasteiger partial charge on any atom is 0.326 e. The lowest BCUT2D eigenvalue weighted by Crippen LogP contribution is -2.69. The standard InChI is InChI=1S/C33H49N13O13/c1-12-19(25(50)22(41-29(36)37)27(57-12)58-14-5-2-13(3-6-14)4-7-18(48)40-9-8-17(34)35)43-32(53)45-26-21(42-30(38)51)24(49)16(11-55-26)59-28-23-20(15(47)10-56-28)44-33(54)46(23)31(39)52/h2-7,12,15-16,19-28,47,49-50H,8-11H2,1H3,(H3,34,35)(H2,39,52)(H,40,48)(H,44,54)(H4,36,37,41)(H3,38,42,51)(H2,43,45,53). The number of carbonyl (C=O) groups excluding carboxylic acids is 5. The van der Waals surface area contributed by atoms with Crippen LogP contribution < -0.4 is 60.0 Å². The van der Waals surface area contributed by atoms with Crippen molar-refractivity contribution in [2.75, 3.05) is 19.8 Å². The van der Waals surface area contributed by atoms with Gasteiger partial charge in [0.15, 0.2) is 18.5 Å². The number of rotatable bonds is 13. The molecule has 4 fully saturated rings. The molecule has 13 unspecified atom stereocenters. The van der Waals surface area contributed by atoms with Crippen LogP contribution in [0.5, 0.6) is 5.75 Å². The first-order valence-electron chi connectivity index (χ1n) is 18.2. The van der Waals surface area contributed by atoms with Gasteiger partial charge in [0.25, 0.3) is 0 Å². The van der Waals surface area contributed by atoms with E-state index < -0.39 is 116 Å². The molecule has 26 nitrogen and oxygen atoms in total. The Bertz CT molecular complexity index is 1780. The normalized spacial score (nSPS) is 32.8. The predicted molar refractivity (Wildman–Crippen MR) is 201 cm³/mol. The van der Waals surface area contributed by atoms with Crippen LogP contribution in [0.3, 0.4) is 0 Å². The van der Waals surface area contributed by atoms with Crippen molar-refractivity contribution in [1.29, 1.82) is 5.41 Å². The zero-order valence-electron chi connectivity index (χ0n) is 31.5. The summed E-state index contributed by atoms with van der Waals surface area (Å²) >= 11 is 0. The van der Waals surface area contributed by atoms with E-state index in [9.17, 15) is 39.3 Å². The van der Waals surface area contributed by atoms with Crippen LogP contribution in [0.25, 0.3) is 6.08 Å². The minimum Gasteiger partial charge on any atom is -0.462 e. The number of fused-ring (bicyclic) bond motifs is 1. The van der Waals surface area contributed by atoms with Crippen molar-refractivity contribution in [3.8, 4) is 5.75 Å². The average molecular weight is 836 g/mol. The summed E-state index contributed by atoms with van der Waals surface area (Å²) in [5, 5.41) is 52.7. The van der Waals surface area contributed by atoms with Gasteiger partial charge in [-0.15, -0.1) is 0 Å². The highest BCUT2D eigenvalue weighted by Gasteiger charge is 2.55. The highest BCUT2D eigenvalue weighted by atomic mass is 16.7. The number of primary amides is 2. The van der Waals surface area contributed by atoms with E-state index in [1.54, 1.807) is 30.3 Å². The molecular weight excluding hydrogens is 786 g/mol. The molecule has 1 aromatic carbocycles. The number of nitrogens with zero attached hydrogens (tertiary/aromatic N) is 2. The fourth-order valence-electron chi connectivity index (χ4n) is 6.83. The van der Waals surface area contributed by atoms with Gasteiger partial charge in [0.2, 0.25) is 12.2 Å². The Balaban J connectivity index is 1.20. The molecule has 0 aliphatic carbocycles. The number of hydrogen-bond acceptors (Lipinski definition) is 15. The topological polar surface area (TPSA) is 422 Å². The van der Waals surface area contributed by atoms with Crippen LogP contribution in [-0.2, 0) is 23.7 Å². The van der Waals surface area contributed by atoms with Crippen molar-refractivity contribution in [2.24, 2.45) is 33.7 Å². The third-order valence-electron chi connectivity index (χ3n) is 9.64. The smallest absolute Gasteiger partial charge is 0.326 e. The summed E-state index contributed by atoms with van der Waals surface area (Å²) < 4.78 is 29.2. The van der Waals surface area contributed by atoms with E-state index in [1.165, 1.54) is 13.0 Å². The number of nitrogens with one attached hydrogen (secondary N) is 6. The van der Waals surface area contributed by atoms with Gasteiger partial charge in [-0.05, 0) is 30.7 Å². The number of aliphatic hydroxyl groups is 3. The number of urea groups is 4. The predicted octanol–water partition coefficient (Wildman–Crippen LogP) is -5.37. The van der Waals surface area contributed by atoms with Gasteiger partial charge in [0, 0.05) is 19.0 Å². The van der Waals surface area contributed by atoms with Crippen LogP contribution in [-0.4, -0.2) is 161 Å². The van der Waals surface area contributed by atoms with Gasteiger partial charge >= 0.3 is 24.1 Å². The fourth-order valence-corrected chi connectivity index (χ4v) is 6.83. The summed E-state index contributed by atoms with van der Waals surface area (Å²) in [6, 6.07) is -3.81. The number of nitrogens with two attached hydrogens (primary N) is 5. The number of aliphatic imine (C=N–C) groups is 1. The van der Waals surface area contributed by atoms with Gasteiger partial charge in [-0.25, -0.2) is 29.1 Å². The third-order valence-corrected chi connectivity index (χ3v) is 9.64. The zero-order chi connectivity index (χ0) is 43.1. The van der Waals surface area contributed by atoms with Gasteiger partial charge in [0.05, 0.1) is 43.3 Å². The average Bonchev–Trinajstić information content (AvgIpc) is 3.52. The van der Waals surface area contributed by atoms with E-state index in [-0.39, 0.29) is 37.1 Å². The lowest BCUT2D eigenvalue weighted by Gasteiger charge is -2.44. The number of aliphatic hydroxyl groups excluding tert-OH is 3. The van der Waals surface area contributed by atoms with Gasteiger partial charge in [0.1, 0.15) is 42.2 Å². The molecule has 1 aromatic rings. The summed E-state index contributed by atoms with van der Waals surface area (Å²) in [6.07, 6.45) is -7.64. The van der Waals surface area contributed by atoms with E-state index in [2.05, 4.69) is 31.6 Å². The van der Waals surface area contributed by atoms with Crippen LogP contribution in [0.15, 0.2) is 35.3 Å². The Hall–Kier alpha value is -6.03. The molecule has 0 aromatic heterocycles. The summed E-state index contributed by atoms with van der Waals surface area (Å²) in [5.41, 5.74) is 28.0. The van der Waals surface area contributed by atoms with E-state index in [0.717, 1.165) is 0 Å². The molecule has 4 aliphatic heterocycles. The molecule has 26 heteroatoms. The Morgan fingerprint density at radius 2 is 1.69 bits per heavy atom. The molecule has 9 amide bonds. The molecule has 4 heterocycles. The zero-order valence-corrected chi connectivity index (χ0v) is 31.5. The summed E-state index contributed by atoms with van der Waals surface area (Å²) in [5.74, 6) is -0.556. The minimum absolute atomic E-state index is 0.0454. The van der Waals surface area contributed by atoms with Crippen LogP contribution >= 0.6 is 0 Å². The summed E-state index contributed by atoms with van der Waals surface area (Å²) in [4.78, 5) is 66.5. The number of amidine groups is 1. The number of imide groups is 1. The van der Waals surface area contributed by atoms with Crippen molar-refractivity contribution in [3.63, 3.8) is 0 Å². The number of benzene rings is 1. The first-order valence-corrected chi connectivity index (χ1v) is 18.2. The molecule has 324 valence electrons. The van der Waals surface area contributed by atoms with E-state index in [1.807, 2.05) is 0 Å². The monoisotopic (exact) mass is 835 g/mol. The molecule has 0 saturated carbocycles. The molecule has 13 atom stereocenters. The molecule has 5 rings (SSSR count). The molecule has 0 radical (unpaired) electrons. The van der Waals surface area contributed by atoms with E-state index in [4.69, 9.17) is 57.8 Å². The Morgan fingerprint density at radius 1 is 0.983 bits per heavy atom. The number of hydrogen-bond donors (Lipinski definition) is 14. The van der Waals surface area contributed by atoms with E-state index in [0.29, 0.717) is 10.5 Å². The molecule has 4 aliphatic rings. The van der Waals surface area contributed by atoms with E-state index >= 15 is 0 Å². The summed E-state index contributed by atoms with van der Waals surface area (Å²) in [6.45, 7) is 1.00. The van der Waals surface area contributed by atoms with Crippen molar-refractivity contribution < 1.29 is 63.0 Å². The Kier molecular flexibility index (Phi) is 14.3. The van der Waals surface area contributed by atoms with Crippen molar-refractivity contribution >= 4 is 47.9 Å². The van der Waals surface area contributed by atoms with Gasteiger partial charge in [-0.1, -0.05) is 12.1 Å². The van der Waals surface area contributed by atoms with Crippen molar-refractivity contribution in [3.05, 3.63) is 35.9 Å². The second-order valence-corrected chi connectivity index (χ2v) is 13.9. The Labute approximate surface area is 335 Å². The largest absolute Gasteiger partial charge is 0.462 e. The first-order chi connectivity index (χ1) is 27.9. The first kappa shape index (κ1) is 44.1. The second kappa shape index (κ2) is 19.1. The molecule has 4 saturated heterocycles.